The molecule has 0 bridgehead atoms. The highest BCUT2D eigenvalue weighted by atomic mass is 35.5. The first kappa shape index (κ1) is 19.0. The second kappa shape index (κ2) is 8.27. The number of carbonyl (C=O) groups excluding carboxylic acids is 1. The van der Waals surface area contributed by atoms with Crippen LogP contribution in [0.1, 0.15) is 15.9 Å². The molecule has 10 nitrogen and oxygen atoms in total. The van der Waals surface area contributed by atoms with Gasteiger partial charge >= 0.3 is 5.69 Å². The van der Waals surface area contributed by atoms with Gasteiger partial charge in [0.1, 0.15) is 6.33 Å². The monoisotopic (exact) mass is 399 g/mol. The Morgan fingerprint density at radius 1 is 1.14 bits per heavy atom. The number of nitrogens with one attached hydrogen (secondary N) is 3. The normalized spacial score (nSPS) is 10.2. The number of aryl methyl sites for hydroxylation is 1. The van der Waals surface area contributed by atoms with Gasteiger partial charge in [-0.25, -0.2) is 9.97 Å². The van der Waals surface area contributed by atoms with Gasteiger partial charge in [-0.15, -0.1) is 0 Å². The first-order valence-electron chi connectivity index (χ1n) is 7.94. The molecule has 3 N–H and O–H groups in total. The van der Waals surface area contributed by atoms with Crippen molar-refractivity contribution in [2.45, 2.75) is 6.92 Å². The van der Waals surface area contributed by atoms with Gasteiger partial charge in [-0.1, -0.05) is 17.7 Å². The van der Waals surface area contributed by atoms with Crippen molar-refractivity contribution >= 4 is 40.5 Å². The molecule has 28 heavy (non-hydrogen) atoms. The van der Waals surface area contributed by atoms with Crippen LogP contribution in [0.4, 0.5) is 23.0 Å². The molecule has 0 spiro atoms. The Hall–Kier alpha value is -3.79. The summed E-state index contributed by atoms with van der Waals surface area (Å²) in [5.41, 5.74) is 6.09. The minimum Gasteiger partial charge on any atom is -0.334 e. The molecule has 0 saturated heterocycles. The number of anilines is 3. The Labute approximate surface area is 164 Å². The molecule has 0 atom stereocenters. The Morgan fingerprint density at radius 2 is 1.86 bits per heavy atom. The second-order valence-corrected chi connectivity index (χ2v) is 6.01. The number of carbonyl (C=O) groups is 1. The molecule has 0 unspecified atom stereocenters. The van der Waals surface area contributed by atoms with Gasteiger partial charge < -0.3 is 5.32 Å². The molecular formula is C17H14ClN7O3. The van der Waals surface area contributed by atoms with Gasteiger partial charge in [0.15, 0.2) is 0 Å². The number of hydrogen-bond acceptors (Lipinski definition) is 8. The van der Waals surface area contributed by atoms with Crippen LogP contribution in [0.2, 0.25) is 5.02 Å². The van der Waals surface area contributed by atoms with Gasteiger partial charge in [0, 0.05) is 28.7 Å². The third-order valence-electron chi connectivity index (χ3n) is 3.69. The van der Waals surface area contributed by atoms with Crippen LogP contribution in [0, 0.1) is 17.0 Å². The van der Waals surface area contributed by atoms with Crippen LogP contribution in [0.5, 0.6) is 0 Å². The van der Waals surface area contributed by atoms with E-state index < -0.39 is 16.5 Å². The van der Waals surface area contributed by atoms with E-state index in [1.54, 1.807) is 18.2 Å². The first-order chi connectivity index (χ1) is 13.5. The maximum Gasteiger partial charge on any atom is 0.355 e. The summed E-state index contributed by atoms with van der Waals surface area (Å²) in [5.74, 6) is -0.730. The Bertz CT molecular complexity index is 1030. The number of benzene rings is 1. The van der Waals surface area contributed by atoms with Crippen molar-refractivity contribution in [1.29, 1.82) is 0 Å². The number of hydrogen-bond donors (Lipinski definition) is 3. The lowest BCUT2D eigenvalue weighted by atomic mass is 10.2. The Morgan fingerprint density at radius 3 is 2.57 bits per heavy atom. The average Bonchev–Trinajstić information content (AvgIpc) is 2.69. The lowest BCUT2D eigenvalue weighted by molar-refractivity contribution is -0.383. The molecule has 0 saturated carbocycles. The molecule has 2 aromatic heterocycles. The molecule has 0 aliphatic rings. The molecule has 11 heteroatoms. The van der Waals surface area contributed by atoms with E-state index in [2.05, 4.69) is 31.1 Å². The van der Waals surface area contributed by atoms with Crippen LogP contribution in [0.25, 0.3) is 0 Å². The summed E-state index contributed by atoms with van der Waals surface area (Å²) in [4.78, 5) is 34.7. The summed E-state index contributed by atoms with van der Waals surface area (Å²) in [7, 11) is 0. The summed E-state index contributed by atoms with van der Waals surface area (Å²) in [6.45, 7) is 1.82. The zero-order valence-electron chi connectivity index (χ0n) is 14.5. The van der Waals surface area contributed by atoms with Crippen molar-refractivity contribution in [1.82, 2.24) is 20.4 Å². The first-order valence-corrected chi connectivity index (χ1v) is 8.32. The number of hydrazine groups is 1. The van der Waals surface area contributed by atoms with Crippen LogP contribution in [0.3, 0.4) is 0 Å². The molecule has 1 aromatic carbocycles. The number of halogens is 1. The van der Waals surface area contributed by atoms with Crippen LogP contribution >= 0.6 is 11.6 Å². The average molecular weight is 400 g/mol. The number of amides is 1. The summed E-state index contributed by atoms with van der Waals surface area (Å²) in [5, 5.41) is 14.9. The van der Waals surface area contributed by atoms with Gasteiger partial charge in [0.05, 0.1) is 4.92 Å². The minimum atomic E-state index is -0.650. The fourth-order valence-electron chi connectivity index (χ4n) is 2.28. The molecule has 0 radical (unpaired) electrons. The lowest BCUT2D eigenvalue weighted by Gasteiger charge is -2.12. The maximum atomic E-state index is 12.1. The molecule has 142 valence electrons. The van der Waals surface area contributed by atoms with Crippen LogP contribution in [0.15, 0.2) is 49.1 Å². The SMILES string of the molecule is Cc1ccc(Cl)cc1Nc1ncnc(NNC(=O)c2ccncc2)c1[N+](=O)[O-]. The number of rotatable bonds is 6. The molecular weight excluding hydrogens is 386 g/mol. The third-order valence-corrected chi connectivity index (χ3v) is 3.93. The van der Waals surface area contributed by atoms with Crippen molar-refractivity contribution in [2.75, 3.05) is 10.7 Å². The smallest absolute Gasteiger partial charge is 0.334 e. The standard InChI is InChI=1S/C17H14ClN7O3/c1-10-2-3-12(18)8-13(10)22-15-14(25(27)28)16(21-9-20-15)23-24-17(26)11-4-6-19-7-5-11/h2-9H,1H3,(H,24,26)(H2,20,21,22,23). The zero-order chi connectivity index (χ0) is 20.1. The van der Waals surface area contributed by atoms with E-state index in [1.165, 1.54) is 24.5 Å². The minimum absolute atomic E-state index is 0.0500. The Balaban J connectivity index is 1.86. The van der Waals surface area contributed by atoms with Gasteiger partial charge in [-0.2, -0.15) is 0 Å². The van der Waals surface area contributed by atoms with Crippen molar-refractivity contribution in [3.05, 3.63) is 75.3 Å². The quantitative estimate of drug-likeness (QED) is 0.424. The molecule has 3 aromatic rings. The molecule has 1 amide bonds. The van der Waals surface area contributed by atoms with Gasteiger partial charge in [-0.3, -0.25) is 30.7 Å². The van der Waals surface area contributed by atoms with Crippen LogP contribution < -0.4 is 16.2 Å². The summed E-state index contributed by atoms with van der Waals surface area (Å²) < 4.78 is 0. The number of nitro groups is 1. The fourth-order valence-corrected chi connectivity index (χ4v) is 2.45. The van der Waals surface area contributed by atoms with Gasteiger partial charge in [-0.05, 0) is 36.8 Å². The predicted molar refractivity (Wildman–Crippen MR) is 103 cm³/mol. The number of pyridine rings is 1. The second-order valence-electron chi connectivity index (χ2n) is 5.58. The van der Waals surface area contributed by atoms with Gasteiger partial charge in [0.2, 0.25) is 11.6 Å². The topological polar surface area (TPSA) is 135 Å². The van der Waals surface area contributed by atoms with Crippen LogP contribution in [-0.2, 0) is 0 Å². The predicted octanol–water partition coefficient (Wildman–Crippen LogP) is 3.24. The highest BCUT2D eigenvalue weighted by molar-refractivity contribution is 6.30. The van der Waals surface area contributed by atoms with E-state index in [9.17, 15) is 14.9 Å². The highest BCUT2D eigenvalue weighted by Crippen LogP contribution is 2.32. The third kappa shape index (κ3) is 4.30. The van der Waals surface area contributed by atoms with Crippen molar-refractivity contribution in [3.8, 4) is 0 Å². The lowest BCUT2D eigenvalue weighted by Crippen LogP contribution is -2.30. The molecule has 0 aliphatic carbocycles. The molecule has 0 fully saturated rings. The van der Waals surface area contributed by atoms with E-state index in [-0.39, 0.29) is 11.6 Å². The van der Waals surface area contributed by atoms with E-state index >= 15 is 0 Å². The molecule has 3 rings (SSSR count). The largest absolute Gasteiger partial charge is 0.355 e. The summed E-state index contributed by atoms with van der Waals surface area (Å²) in [6.07, 6.45) is 4.05. The number of aromatic nitrogens is 3. The van der Waals surface area contributed by atoms with E-state index in [0.29, 0.717) is 16.3 Å². The van der Waals surface area contributed by atoms with Crippen molar-refractivity contribution in [2.24, 2.45) is 0 Å². The summed E-state index contributed by atoms with van der Waals surface area (Å²) in [6, 6.07) is 8.10. The van der Waals surface area contributed by atoms with Crippen molar-refractivity contribution < 1.29 is 9.72 Å². The van der Waals surface area contributed by atoms with Crippen molar-refractivity contribution in [3.63, 3.8) is 0 Å². The molecule has 2 heterocycles. The Kier molecular flexibility index (Phi) is 5.61. The number of nitrogens with zero attached hydrogens (tertiary/aromatic N) is 4. The van der Waals surface area contributed by atoms with Crippen LogP contribution in [-0.4, -0.2) is 25.8 Å². The highest BCUT2D eigenvalue weighted by Gasteiger charge is 2.24. The fraction of sp³-hybridized carbons (Fsp3) is 0.0588. The van der Waals surface area contributed by atoms with E-state index in [0.717, 1.165) is 11.9 Å². The van der Waals surface area contributed by atoms with Gasteiger partial charge in [0.25, 0.3) is 5.91 Å². The maximum absolute atomic E-state index is 12.1. The zero-order valence-corrected chi connectivity index (χ0v) is 15.3. The summed E-state index contributed by atoms with van der Waals surface area (Å²) >= 11 is 5.99. The molecule has 0 aliphatic heterocycles. The van der Waals surface area contributed by atoms with E-state index in [1.807, 2.05) is 6.92 Å². The van der Waals surface area contributed by atoms with E-state index in [4.69, 9.17) is 11.6 Å².